The molecule has 0 saturated heterocycles. The van der Waals surface area contributed by atoms with E-state index < -0.39 is 38.1 Å². The maximum Gasteiger partial charge on any atom is 0.404 e. The van der Waals surface area contributed by atoms with Crippen molar-refractivity contribution in [3.05, 3.63) is 114 Å². The van der Waals surface area contributed by atoms with Gasteiger partial charge in [0, 0.05) is 19.2 Å². The van der Waals surface area contributed by atoms with Crippen molar-refractivity contribution in [3.8, 4) is 17.2 Å². The molecule has 1 amide bonds. The van der Waals surface area contributed by atoms with Crippen LogP contribution in [-0.2, 0) is 38.6 Å². The third-order valence-corrected chi connectivity index (χ3v) is 11.6. The number of aliphatic hydroxyl groups is 1. The van der Waals surface area contributed by atoms with Gasteiger partial charge in [-0.2, -0.15) is 4.31 Å². The molecular formula is C36H40N2O10S2. The molecule has 0 unspecified atom stereocenters. The number of aliphatic hydroxyl groups excluding tert-OH is 1. The first-order valence-electron chi connectivity index (χ1n) is 16.0. The number of nitrogens with zero attached hydrogens (tertiary/aromatic N) is 1. The average Bonchev–Trinajstić information content (AvgIpc) is 3.56. The lowest BCUT2D eigenvalue weighted by atomic mass is 10.0. The van der Waals surface area contributed by atoms with Crippen LogP contribution in [0.4, 0.5) is 4.79 Å². The van der Waals surface area contributed by atoms with E-state index in [9.17, 15) is 31.8 Å². The van der Waals surface area contributed by atoms with E-state index in [1.165, 1.54) is 18.2 Å². The first-order chi connectivity index (χ1) is 23.8. The lowest BCUT2D eigenvalue weighted by Crippen LogP contribution is -2.50. The molecule has 0 aromatic heterocycles. The van der Waals surface area contributed by atoms with Crippen LogP contribution in [0.5, 0.6) is 17.2 Å². The fourth-order valence-electron chi connectivity index (χ4n) is 5.53. The molecule has 4 aromatic carbocycles. The number of fused-ring (bicyclic) bond motifs is 1. The Labute approximate surface area is 292 Å². The summed E-state index contributed by atoms with van der Waals surface area (Å²) in [5.74, 6) is 0.956. The fraction of sp³-hybridized carbons (Fsp3) is 0.306. The standard InChI is InChI=1S/C36H40N2O10S2/c1-25(2)20-38(50(44,45)31-16-17-34-35(19-31)48-24-47-34)21-33(39)32(37-36(40)41)18-26-12-14-29(15-13-26)46-22-27-8-6-7-9-28(27)23-49(42,43)30-10-4-3-5-11-30/h3-17,19,25,32-33,37,39H,18,20-24H2,1-2H3,(H,40,41)/t32-,33+/m0/s1. The largest absolute Gasteiger partial charge is 0.489 e. The van der Waals surface area contributed by atoms with Crippen molar-refractivity contribution in [2.75, 3.05) is 19.9 Å². The SMILES string of the molecule is CC(C)CN(C[C@@H](O)[C@H](Cc1ccc(OCc2ccccc2CS(=O)(=O)c2ccccc2)cc1)NC(=O)O)S(=O)(=O)c1ccc2c(c1)OCO2. The highest BCUT2D eigenvalue weighted by Gasteiger charge is 2.32. The number of ether oxygens (including phenoxy) is 3. The van der Waals surface area contributed by atoms with Crippen molar-refractivity contribution in [2.24, 2.45) is 5.92 Å². The van der Waals surface area contributed by atoms with Crippen molar-refractivity contribution in [2.45, 2.75) is 54.6 Å². The molecule has 266 valence electrons. The minimum absolute atomic E-state index is 0.0154. The minimum Gasteiger partial charge on any atom is -0.489 e. The van der Waals surface area contributed by atoms with Gasteiger partial charge in [-0.3, -0.25) is 0 Å². The van der Waals surface area contributed by atoms with Crippen LogP contribution in [0.15, 0.2) is 107 Å². The summed E-state index contributed by atoms with van der Waals surface area (Å²) >= 11 is 0. The molecule has 5 rings (SSSR count). The molecule has 0 fully saturated rings. The Balaban J connectivity index is 1.25. The number of carbonyl (C=O) groups is 1. The number of amides is 1. The molecule has 0 spiro atoms. The molecule has 14 heteroatoms. The second-order valence-corrected chi connectivity index (χ2v) is 16.3. The number of hydrogen-bond donors (Lipinski definition) is 3. The van der Waals surface area contributed by atoms with Crippen LogP contribution in [0.3, 0.4) is 0 Å². The summed E-state index contributed by atoms with van der Waals surface area (Å²) in [5, 5.41) is 23.2. The Kier molecular flexibility index (Phi) is 11.7. The summed E-state index contributed by atoms with van der Waals surface area (Å²) in [6, 6.07) is 25.5. The zero-order valence-electron chi connectivity index (χ0n) is 27.6. The van der Waals surface area contributed by atoms with Crippen LogP contribution in [0.1, 0.15) is 30.5 Å². The van der Waals surface area contributed by atoms with Gasteiger partial charge in [-0.05, 0) is 65.4 Å². The summed E-state index contributed by atoms with van der Waals surface area (Å²) in [4.78, 5) is 11.9. The number of carboxylic acid groups (broad SMARTS) is 1. The minimum atomic E-state index is -4.10. The second kappa shape index (κ2) is 15.9. The first kappa shape index (κ1) is 36.6. The predicted octanol–water partition coefficient (Wildman–Crippen LogP) is 4.85. The van der Waals surface area contributed by atoms with E-state index in [0.29, 0.717) is 33.9 Å². The number of benzene rings is 4. The van der Waals surface area contributed by atoms with Gasteiger partial charge >= 0.3 is 6.09 Å². The van der Waals surface area contributed by atoms with Gasteiger partial charge in [-0.1, -0.05) is 68.4 Å². The lowest BCUT2D eigenvalue weighted by molar-refractivity contribution is 0.0980. The van der Waals surface area contributed by atoms with Gasteiger partial charge in [0.25, 0.3) is 0 Å². The smallest absolute Gasteiger partial charge is 0.404 e. The highest BCUT2D eigenvalue weighted by molar-refractivity contribution is 7.90. The lowest BCUT2D eigenvalue weighted by Gasteiger charge is -2.30. The second-order valence-electron chi connectivity index (χ2n) is 12.3. The Hall–Kier alpha value is -4.63. The summed E-state index contributed by atoms with van der Waals surface area (Å²) in [5.41, 5.74) is 2.00. The molecule has 1 heterocycles. The van der Waals surface area contributed by atoms with Gasteiger partial charge in [0.05, 0.1) is 27.7 Å². The number of sulfone groups is 1. The van der Waals surface area contributed by atoms with Crippen LogP contribution in [0, 0.1) is 5.92 Å². The summed E-state index contributed by atoms with van der Waals surface area (Å²) < 4.78 is 71.1. The van der Waals surface area contributed by atoms with Crippen LogP contribution in [0.2, 0.25) is 0 Å². The van der Waals surface area contributed by atoms with Crippen molar-refractivity contribution in [3.63, 3.8) is 0 Å². The average molecular weight is 725 g/mol. The maximum absolute atomic E-state index is 13.7. The van der Waals surface area contributed by atoms with Crippen molar-refractivity contribution in [1.82, 2.24) is 9.62 Å². The van der Waals surface area contributed by atoms with Gasteiger partial charge in [-0.25, -0.2) is 21.6 Å². The molecule has 0 saturated carbocycles. The van der Waals surface area contributed by atoms with E-state index in [1.54, 1.807) is 66.7 Å². The van der Waals surface area contributed by atoms with Gasteiger partial charge < -0.3 is 29.7 Å². The van der Waals surface area contributed by atoms with Gasteiger partial charge in [0.2, 0.25) is 16.8 Å². The predicted molar refractivity (Wildman–Crippen MR) is 185 cm³/mol. The number of hydrogen-bond acceptors (Lipinski definition) is 9. The highest BCUT2D eigenvalue weighted by Crippen LogP contribution is 2.35. The summed E-state index contributed by atoms with van der Waals surface area (Å²) in [6.07, 6.45) is -2.70. The zero-order chi connectivity index (χ0) is 35.9. The molecule has 1 aliphatic heterocycles. The molecule has 0 radical (unpaired) electrons. The molecule has 4 aromatic rings. The Morgan fingerprint density at radius 1 is 0.840 bits per heavy atom. The summed E-state index contributed by atoms with van der Waals surface area (Å²) in [7, 11) is -7.66. The number of sulfonamides is 1. The van der Waals surface area contributed by atoms with E-state index in [1.807, 2.05) is 26.0 Å². The maximum atomic E-state index is 13.7. The van der Waals surface area contributed by atoms with Crippen LogP contribution < -0.4 is 19.5 Å². The van der Waals surface area contributed by atoms with Crippen molar-refractivity contribution in [1.29, 1.82) is 0 Å². The molecule has 0 bridgehead atoms. The Morgan fingerprint density at radius 2 is 1.50 bits per heavy atom. The van der Waals surface area contributed by atoms with E-state index in [-0.39, 0.29) is 54.4 Å². The van der Waals surface area contributed by atoms with Crippen LogP contribution in [0.25, 0.3) is 0 Å². The van der Waals surface area contributed by atoms with Crippen molar-refractivity contribution < 1.29 is 46.1 Å². The molecular weight excluding hydrogens is 685 g/mol. The third kappa shape index (κ3) is 9.33. The Bertz CT molecular complexity index is 1990. The molecule has 12 nitrogen and oxygen atoms in total. The highest BCUT2D eigenvalue weighted by atomic mass is 32.2. The van der Waals surface area contributed by atoms with E-state index in [4.69, 9.17) is 14.2 Å². The van der Waals surface area contributed by atoms with E-state index in [0.717, 1.165) is 4.31 Å². The molecule has 0 aliphatic carbocycles. The zero-order valence-corrected chi connectivity index (χ0v) is 29.3. The van der Waals surface area contributed by atoms with E-state index in [2.05, 4.69) is 5.32 Å². The fourth-order valence-corrected chi connectivity index (χ4v) is 8.60. The van der Waals surface area contributed by atoms with Crippen LogP contribution in [-0.4, -0.2) is 69.5 Å². The van der Waals surface area contributed by atoms with Gasteiger partial charge in [-0.15, -0.1) is 0 Å². The number of nitrogens with one attached hydrogen (secondary N) is 1. The van der Waals surface area contributed by atoms with Gasteiger partial charge in [0.1, 0.15) is 12.4 Å². The van der Waals surface area contributed by atoms with E-state index >= 15 is 0 Å². The molecule has 50 heavy (non-hydrogen) atoms. The molecule has 2 atom stereocenters. The molecule has 3 N–H and O–H groups in total. The third-order valence-electron chi connectivity index (χ3n) is 8.05. The Morgan fingerprint density at radius 3 is 2.18 bits per heavy atom. The number of rotatable bonds is 16. The van der Waals surface area contributed by atoms with Crippen LogP contribution >= 0.6 is 0 Å². The quantitative estimate of drug-likeness (QED) is 0.145. The van der Waals surface area contributed by atoms with Gasteiger partial charge in [0.15, 0.2) is 21.3 Å². The topological polar surface area (TPSA) is 169 Å². The molecule has 1 aliphatic rings. The van der Waals surface area contributed by atoms with Crippen molar-refractivity contribution >= 4 is 26.0 Å². The first-order valence-corrected chi connectivity index (χ1v) is 19.0. The monoisotopic (exact) mass is 724 g/mol. The summed E-state index contributed by atoms with van der Waals surface area (Å²) in [6.45, 7) is 3.51. The normalized spacial score (nSPS) is 14.0.